The number of halogens is 5. The van der Waals surface area contributed by atoms with Crippen LogP contribution < -0.4 is 20.1 Å². The molecular formula is C25H19ClF4N4O3. The summed E-state index contributed by atoms with van der Waals surface area (Å²) in [4.78, 5) is 17.6. The van der Waals surface area contributed by atoms with E-state index >= 15 is 0 Å². The summed E-state index contributed by atoms with van der Waals surface area (Å²) in [5.41, 5.74) is 0.458. The van der Waals surface area contributed by atoms with Crippen LogP contribution >= 0.6 is 11.6 Å². The number of hydrogen-bond acceptors (Lipinski definition) is 5. The highest BCUT2D eigenvalue weighted by Gasteiger charge is 2.31. The zero-order valence-electron chi connectivity index (χ0n) is 19.2. The Morgan fingerprint density at radius 1 is 1.11 bits per heavy atom. The van der Waals surface area contributed by atoms with Gasteiger partial charge in [-0.15, -0.1) is 0 Å². The van der Waals surface area contributed by atoms with E-state index in [0.717, 1.165) is 12.1 Å². The summed E-state index contributed by atoms with van der Waals surface area (Å²) in [6.07, 6.45) is -4.49. The fraction of sp³-hybridized carbons (Fsp3) is 0.200. The maximum absolute atomic E-state index is 14.3. The number of carbonyl (C=O) groups is 1. The molecule has 1 aromatic heterocycles. The van der Waals surface area contributed by atoms with Crippen LogP contribution in [0.25, 0.3) is 11.0 Å². The van der Waals surface area contributed by atoms with Crippen molar-refractivity contribution < 1.29 is 31.8 Å². The summed E-state index contributed by atoms with van der Waals surface area (Å²) in [5.74, 6) is -0.469. The summed E-state index contributed by atoms with van der Waals surface area (Å²) in [6, 6.07) is 10.4. The van der Waals surface area contributed by atoms with Gasteiger partial charge in [-0.3, -0.25) is 4.79 Å². The number of amides is 1. The van der Waals surface area contributed by atoms with E-state index in [-0.39, 0.29) is 59.0 Å². The van der Waals surface area contributed by atoms with E-state index in [9.17, 15) is 22.4 Å². The smallest absolute Gasteiger partial charge is 0.416 e. The van der Waals surface area contributed by atoms with Crippen molar-refractivity contribution in [1.82, 2.24) is 14.9 Å². The molecule has 0 bridgehead atoms. The van der Waals surface area contributed by atoms with Crippen molar-refractivity contribution in [3.63, 3.8) is 0 Å². The van der Waals surface area contributed by atoms with Crippen molar-refractivity contribution in [2.45, 2.75) is 12.7 Å². The lowest BCUT2D eigenvalue weighted by atomic mass is 10.1. The van der Waals surface area contributed by atoms with Gasteiger partial charge in [0.25, 0.3) is 5.91 Å². The van der Waals surface area contributed by atoms with Gasteiger partial charge in [-0.1, -0.05) is 29.8 Å². The van der Waals surface area contributed by atoms with Gasteiger partial charge in [0.05, 0.1) is 27.4 Å². The monoisotopic (exact) mass is 534 g/mol. The average molecular weight is 535 g/mol. The van der Waals surface area contributed by atoms with Gasteiger partial charge in [0.2, 0.25) is 5.95 Å². The SMILES string of the molecule is Cn1c(Nc2c(F)cccc2Cl)nc2cc(C(=O)NCc3cccc(C(F)(F)F)c3)c3c(c21)OCCO3. The first-order valence-electron chi connectivity index (χ1n) is 11.1. The summed E-state index contributed by atoms with van der Waals surface area (Å²) in [5, 5.41) is 5.66. The Morgan fingerprint density at radius 3 is 2.57 bits per heavy atom. The van der Waals surface area contributed by atoms with Crippen molar-refractivity contribution in [3.8, 4) is 11.5 Å². The average Bonchev–Trinajstić information content (AvgIpc) is 3.19. The fourth-order valence-electron chi connectivity index (χ4n) is 4.03. The van der Waals surface area contributed by atoms with Crippen LogP contribution in [0.3, 0.4) is 0 Å². The maximum atomic E-state index is 14.3. The molecule has 0 saturated carbocycles. The lowest BCUT2D eigenvalue weighted by Crippen LogP contribution is -2.26. The Kier molecular flexibility index (Phi) is 6.32. The van der Waals surface area contributed by atoms with Gasteiger partial charge in [-0.05, 0) is 35.9 Å². The third-order valence-electron chi connectivity index (χ3n) is 5.80. The number of para-hydroxylation sites is 1. The predicted molar refractivity (Wildman–Crippen MR) is 129 cm³/mol. The second-order valence-electron chi connectivity index (χ2n) is 8.24. The first-order chi connectivity index (χ1) is 17.6. The van der Waals surface area contributed by atoms with Crippen LogP contribution in [-0.4, -0.2) is 28.7 Å². The molecule has 7 nitrogen and oxygen atoms in total. The van der Waals surface area contributed by atoms with Gasteiger partial charge in [0.15, 0.2) is 11.5 Å². The molecule has 0 radical (unpaired) electrons. The molecule has 2 heterocycles. The predicted octanol–water partition coefficient (Wildman–Crippen LogP) is 5.83. The minimum atomic E-state index is -4.49. The number of ether oxygens (including phenoxy) is 2. The van der Waals surface area contributed by atoms with Crippen LogP contribution in [-0.2, 0) is 19.8 Å². The van der Waals surface area contributed by atoms with Crippen LogP contribution in [0.2, 0.25) is 5.02 Å². The molecule has 37 heavy (non-hydrogen) atoms. The van der Waals surface area contributed by atoms with E-state index in [0.29, 0.717) is 11.0 Å². The number of carbonyl (C=O) groups excluding carboxylic acids is 1. The van der Waals surface area contributed by atoms with Gasteiger partial charge in [-0.25, -0.2) is 9.37 Å². The molecule has 3 aromatic carbocycles. The lowest BCUT2D eigenvalue weighted by molar-refractivity contribution is -0.137. The van der Waals surface area contributed by atoms with Crippen LogP contribution in [0, 0.1) is 5.82 Å². The minimum absolute atomic E-state index is 0.0349. The zero-order valence-corrected chi connectivity index (χ0v) is 20.0. The van der Waals surface area contributed by atoms with Crippen molar-refractivity contribution in [2.24, 2.45) is 7.05 Å². The Labute approximate surface area is 213 Å². The topological polar surface area (TPSA) is 77.4 Å². The molecule has 5 rings (SSSR count). The van der Waals surface area contributed by atoms with Crippen molar-refractivity contribution in [3.05, 3.63) is 76.1 Å². The molecule has 0 spiro atoms. The number of rotatable bonds is 5. The fourth-order valence-corrected chi connectivity index (χ4v) is 4.24. The molecule has 0 fully saturated rings. The number of fused-ring (bicyclic) bond motifs is 3. The number of nitrogens with zero attached hydrogens (tertiary/aromatic N) is 2. The van der Waals surface area contributed by atoms with Crippen molar-refractivity contribution >= 4 is 40.2 Å². The summed E-state index contributed by atoms with van der Waals surface area (Å²) < 4.78 is 66.6. The molecule has 1 amide bonds. The molecule has 1 aliphatic heterocycles. The summed E-state index contributed by atoms with van der Waals surface area (Å²) in [7, 11) is 1.68. The van der Waals surface area contributed by atoms with E-state index in [1.165, 1.54) is 36.4 Å². The zero-order chi connectivity index (χ0) is 26.3. The minimum Gasteiger partial charge on any atom is -0.485 e. The second-order valence-corrected chi connectivity index (χ2v) is 8.65. The van der Waals surface area contributed by atoms with Gasteiger partial charge >= 0.3 is 6.18 Å². The number of nitrogens with one attached hydrogen (secondary N) is 2. The van der Waals surface area contributed by atoms with Crippen LogP contribution in [0.5, 0.6) is 11.5 Å². The molecule has 0 unspecified atom stereocenters. The molecular weight excluding hydrogens is 516 g/mol. The van der Waals surface area contributed by atoms with Gasteiger partial charge in [-0.2, -0.15) is 13.2 Å². The van der Waals surface area contributed by atoms with Crippen LogP contribution in [0.1, 0.15) is 21.5 Å². The number of alkyl halides is 3. The molecule has 0 saturated heterocycles. The van der Waals surface area contributed by atoms with Gasteiger partial charge in [0.1, 0.15) is 24.5 Å². The van der Waals surface area contributed by atoms with Gasteiger partial charge in [0, 0.05) is 13.6 Å². The first kappa shape index (κ1) is 24.7. The third-order valence-corrected chi connectivity index (χ3v) is 6.11. The first-order valence-corrected chi connectivity index (χ1v) is 11.5. The van der Waals surface area contributed by atoms with E-state index in [2.05, 4.69) is 15.6 Å². The molecule has 0 atom stereocenters. The van der Waals surface area contributed by atoms with E-state index < -0.39 is 23.5 Å². The summed E-state index contributed by atoms with van der Waals surface area (Å²) in [6.45, 7) is 0.280. The lowest BCUT2D eigenvalue weighted by Gasteiger charge is -2.22. The largest absolute Gasteiger partial charge is 0.485 e. The van der Waals surface area contributed by atoms with E-state index in [1.807, 2.05) is 0 Å². The molecule has 4 aromatic rings. The molecule has 1 aliphatic rings. The van der Waals surface area contributed by atoms with Crippen LogP contribution in [0.4, 0.5) is 29.2 Å². The standard InChI is InChI=1S/C25H19ClF4N4O3/c1-34-20-18(32-24(34)33-19-16(26)6-3-7-17(19)27)11-15(21-22(20)37-9-8-36-21)23(35)31-12-13-4-2-5-14(10-13)25(28,29)30/h2-7,10-11H,8-9,12H2,1H3,(H,31,35)(H,32,33). The highest BCUT2D eigenvalue weighted by molar-refractivity contribution is 6.33. The number of aromatic nitrogens is 2. The highest BCUT2D eigenvalue weighted by Crippen LogP contribution is 2.42. The Bertz CT molecular complexity index is 1500. The summed E-state index contributed by atoms with van der Waals surface area (Å²) >= 11 is 6.13. The number of imidazole rings is 1. The van der Waals surface area contributed by atoms with Crippen molar-refractivity contribution in [2.75, 3.05) is 18.5 Å². The molecule has 12 heteroatoms. The Morgan fingerprint density at radius 2 is 1.84 bits per heavy atom. The van der Waals surface area contributed by atoms with Crippen molar-refractivity contribution in [1.29, 1.82) is 0 Å². The molecule has 2 N–H and O–H groups in total. The number of benzene rings is 3. The van der Waals surface area contributed by atoms with E-state index in [1.54, 1.807) is 11.6 Å². The van der Waals surface area contributed by atoms with Gasteiger partial charge < -0.3 is 24.7 Å². The number of hydrogen-bond donors (Lipinski definition) is 2. The molecule has 0 aliphatic carbocycles. The Hall–Kier alpha value is -3.99. The van der Waals surface area contributed by atoms with E-state index in [4.69, 9.17) is 21.1 Å². The second kappa shape index (κ2) is 9.47. The highest BCUT2D eigenvalue weighted by atomic mass is 35.5. The quantitative estimate of drug-likeness (QED) is 0.315. The maximum Gasteiger partial charge on any atom is 0.416 e. The molecule has 192 valence electrons. The van der Waals surface area contributed by atoms with Crippen LogP contribution in [0.15, 0.2) is 48.5 Å². The number of aryl methyl sites for hydroxylation is 1. The number of anilines is 2. The Balaban J connectivity index is 1.48. The third kappa shape index (κ3) is 4.74. The normalized spacial score (nSPS) is 13.0.